The van der Waals surface area contributed by atoms with Crippen LogP contribution in [0.25, 0.3) is 0 Å². The summed E-state index contributed by atoms with van der Waals surface area (Å²) in [5.41, 5.74) is 0. The van der Waals surface area contributed by atoms with Gasteiger partial charge in [0.05, 0.1) is 18.1 Å². The molecule has 0 saturated carbocycles. The van der Waals surface area contributed by atoms with Crippen LogP contribution in [0.4, 0.5) is 0 Å². The number of esters is 1. The van der Waals surface area contributed by atoms with Crippen LogP contribution in [0.1, 0.15) is 6.92 Å². The Morgan fingerprint density at radius 1 is 1.28 bits per heavy atom. The molecule has 1 atom stereocenters. The van der Waals surface area contributed by atoms with Gasteiger partial charge in [0.25, 0.3) is 5.91 Å². The van der Waals surface area contributed by atoms with Crippen molar-refractivity contribution in [1.29, 1.82) is 0 Å². The van der Waals surface area contributed by atoms with E-state index in [1.54, 1.807) is 0 Å². The van der Waals surface area contributed by atoms with Gasteiger partial charge in [-0.1, -0.05) is 11.6 Å². The van der Waals surface area contributed by atoms with Crippen LogP contribution in [-0.2, 0) is 29.1 Å². The van der Waals surface area contributed by atoms with Gasteiger partial charge in [0, 0.05) is 18.1 Å². The third-order valence-corrected chi connectivity index (χ3v) is 5.32. The summed E-state index contributed by atoms with van der Waals surface area (Å²) < 4.78 is 36.6. The maximum Gasteiger partial charge on any atom is 0.324 e. The smallest absolute Gasteiger partial charge is 0.324 e. The fourth-order valence-corrected chi connectivity index (χ4v) is 3.44. The molecule has 10 heteroatoms. The molecule has 0 aliphatic carbocycles. The van der Waals surface area contributed by atoms with Crippen LogP contribution in [0.2, 0.25) is 5.02 Å². The van der Waals surface area contributed by atoms with Gasteiger partial charge in [-0.3, -0.25) is 9.59 Å². The Morgan fingerprint density at radius 2 is 1.88 bits per heavy atom. The lowest BCUT2D eigenvalue weighted by atomic mass is 10.4. The number of amides is 1. The molecule has 1 aliphatic rings. The van der Waals surface area contributed by atoms with Crippen LogP contribution in [0.5, 0.6) is 0 Å². The van der Waals surface area contributed by atoms with Crippen molar-refractivity contribution in [3.05, 3.63) is 29.3 Å². The highest BCUT2D eigenvalue weighted by Crippen LogP contribution is 2.14. The van der Waals surface area contributed by atoms with Gasteiger partial charge in [-0.05, 0) is 31.2 Å². The molecule has 1 fully saturated rings. The molecule has 0 spiro atoms. The third kappa shape index (κ3) is 5.67. The number of ether oxygens (including phenoxy) is 2. The lowest BCUT2D eigenvalue weighted by Crippen LogP contribution is -2.44. The average Bonchev–Trinajstić information content (AvgIpc) is 2.60. The number of sulfonamides is 1. The summed E-state index contributed by atoms with van der Waals surface area (Å²) in [5.74, 6) is -1.18. The topological polar surface area (TPSA) is 102 Å². The lowest BCUT2D eigenvalue weighted by Gasteiger charge is -2.26. The molecular weight excluding hydrogens is 372 g/mol. The SMILES string of the molecule is C[C@H](NS(=O)(=O)c1ccc(Cl)cc1)C(=O)OCC(=O)N1CCOCC1. The summed E-state index contributed by atoms with van der Waals surface area (Å²) in [7, 11) is -3.90. The number of rotatable bonds is 6. The number of morpholine rings is 1. The third-order valence-electron chi connectivity index (χ3n) is 3.51. The first-order chi connectivity index (χ1) is 11.8. The summed E-state index contributed by atoms with van der Waals surface area (Å²) in [4.78, 5) is 25.3. The van der Waals surface area contributed by atoms with Gasteiger partial charge in [-0.25, -0.2) is 8.42 Å². The normalized spacial score (nSPS) is 16.3. The minimum atomic E-state index is -3.90. The molecule has 25 heavy (non-hydrogen) atoms. The van der Waals surface area contributed by atoms with Crippen LogP contribution in [0, 0.1) is 0 Å². The molecule has 1 aliphatic heterocycles. The number of carbonyl (C=O) groups is 2. The van der Waals surface area contributed by atoms with Gasteiger partial charge in [0.15, 0.2) is 6.61 Å². The second kappa shape index (κ2) is 8.61. The number of hydrogen-bond acceptors (Lipinski definition) is 6. The Kier molecular flexibility index (Phi) is 6.77. The zero-order valence-electron chi connectivity index (χ0n) is 13.6. The minimum Gasteiger partial charge on any atom is -0.454 e. The standard InChI is InChI=1S/C15H19ClN2O6S/c1-11(17-25(21,22)13-4-2-12(16)3-5-13)15(20)24-10-14(19)18-6-8-23-9-7-18/h2-5,11,17H,6-10H2,1H3/t11-/m0/s1. The summed E-state index contributed by atoms with van der Waals surface area (Å²) in [6.07, 6.45) is 0. The molecule has 138 valence electrons. The van der Waals surface area contributed by atoms with Crippen molar-refractivity contribution in [2.75, 3.05) is 32.9 Å². The Labute approximate surface area is 151 Å². The average molecular weight is 391 g/mol. The largest absolute Gasteiger partial charge is 0.454 e. The summed E-state index contributed by atoms with van der Waals surface area (Å²) in [5, 5.41) is 0.396. The van der Waals surface area contributed by atoms with E-state index in [2.05, 4.69) is 4.72 Å². The van der Waals surface area contributed by atoms with E-state index < -0.39 is 28.6 Å². The van der Waals surface area contributed by atoms with Crippen LogP contribution >= 0.6 is 11.6 Å². The second-order valence-electron chi connectivity index (χ2n) is 5.40. The molecule has 8 nitrogen and oxygen atoms in total. The Bertz CT molecular complexity index is 716. The zero-order valence-corrected chi connectivity index (χ0v) is 15.2. The van der Waals surface area contributed by atoms with Crippen LogP contribution < -0.4 is 4.72 Å². The predicted octanol–water partition coefficient (Wildman–Crippen LogP) is 0.409. The maximum absolute atomic E-state index is 12.2. The molecule has 1 amide bonds. The number of halogens is 1. The number of carbonyl (C=O) groups excluding carboxylic acids is 2. The van der Waals surface area contributed by atoms with Crippen molar-refractivity contribution in [2.24, 2.45) is 0 Å². The fraction of sp³-hybridized carbons (Fsp3) is 0.467. The highest BCUT2D eigenvalue weighted by Gasteiger charge is 2.25. The summed E-state index contributed by atoms with van der Waals surface area (Å²) in [6, 6.07) is 4.37. The van der Waals surface area contributed by atoms with E-state index >= 15 is 0 Å². The fourth-order valence-electron chi connectivity index (χ4n) is 2.12. The number of nitrogens with one attached hydrogen (secondary N) is 1. The van der Waals surface area contributed by atoms with Crippen LogP contribution in [0.3, 0.4) is 0 Å². The molecule has 0 bridgehead atoms. The first kappa shape index (κ1) is 19.6. The Hall–Kier alpha value is -1.68. The molecular formula is C15H19ClN2O6S. The molecule has 1 N–H and O–H groups in total. The van der Waals surface area contributed by atoms with Crippen molar-refractivity contribution < 1.29 is 27.5 Å². The van der Waals surface area contributed by atoms with Crippen LogP contribution in [0.15, 0.2) is 29.2 Å². The highest BCUT2D eigenvalue weighted by atomic mass is 35.5. The molecule has 1 aromatic rings. The van der Waals surface area contributed by atoms with Gasteiger partial charge in [-0.2, -0.15) is 4.72 Å². The molecule has 1 saturated heterocycles. The van der Waals surface area contributed by atoms with Gasteiger partial charge in [0.2, 0.25) is 10.0 Å². The molecule has 0 radical (unpaired) electrons. The van der Waals surface area contributed by atoms with E-state index in [1.165, 1.54) is 36.1 Å². The highest BCUT2D eigenvalue weighted by molar-refractivity contribution is 7.89. The summed E-state index contributed by atoms with van der Waals surface area (Å²) in [6.45, 7) is 2.67. The number of benzene rings is 1. The Balaban J connectivity index is 1.86. The minimum absolute atomic E-state index is 0.0269. The van der Waals surface area contributed by atoms with E-state index in [4.69, 9.17) is 21.1 Å². The van der Waals surface area contributed by atoms with Gasteiger partial charge in [-0.15, -0.1) is 0 Å². The van der Waals surface area contributed by atoms with Crippen molar-refractivity contribution in [3.8, 4) is 0 Å². The van der Waals surface area contributed by atoms with E-state index in [-0.39, 0.29) is 10.8 Å². The summed E-state index contributed by atoms with van der Waals surface area (Å²) >= 11 is 5.72. The van der Waals surface area contributed by atoms with E-state index in [9.17, 15) is 18.0 Å². The monoisotopic (exact) mass is 390 g/mol. The molecule has 1 aromatic carbocycles. The van der Waals surface area contributed by atoms with E-state index in [0.717, 1.165) is 0 Å². The van der Waals surface area contributed by atoms with Crippen molar-refractivity contribution in [2.45, 2.75) is 17.9 Å². The van der Waals surface area contributed by atoms with Gasteiger partial charge in [0.1, 0.15) is 6.04 Å². The lowest BCUT2D eigenvalue weighted by molar-refractivity contribution is -0.154. The van der Waals surface area contributed by atoms with E-state index in [0.29, 0.717) is 31.3 Å². The first-order valence-electron chi connectivity index (χ1n) is 7.59. The molecule has 0 aromatic heterocycles. The zero-order chi connectivity index (χ0) is 18.4. The van der Waals surface area contributed by atoms with Gasteiger partial charge < -0.3 is 14.4 Å². The first-order valence-corrected chi connectivity index (χ1v) is 9.46. The Morgan fingerprint density at radius 3 is 2.48 bits per heavy atom. The van der Waals surface area contributed by atoms with Crippen molar-refractivity contribution in [3.63, 3.8) is 0 Å². The van der Waals surface area contributed by atoms with Crippen molar-refractivity contribution >= 4 is 33.5 Å². The predicted molar refractivity (Wildman–Crippen MR) is 89.6 cm³/mol. The molecule has 2 rings (SSSR count). The quantitative estimate of drug-likeness (QED) is 0.706. The van der Waals surface area contributed by atoms with E-state index in [1.807, 2.05) is 0 Å². The maximum atomic E-state index is 12.2. The number of hydrogen-bond donors (Lipinski definition) is 1. The van der Waals surface area contributed by atoms with Gasteiger partial charge >= 0.3 is 5.97 Å². The number of nitrogens with zero attached hydrogens (tertiary/aromatic N) is 1. The molecule has 0 unspecified atom stereocenters. The van der Waals surface area contributed by atoms with Crippen LogP contribution in [-0.4, -0.2) is 64.1 Å². The second-order valence-corrected chi connectivity index (χ2v) is 7.55. The van der Waals surface area contributed by atoms with Crippen molar-refractivity contribution in [1.82, 2.24) is 9.62 Å². The molecule has 1 heterocycles.